The minimum absolute atomic E-state index is 0.136. The average molecular weight is 494 g/mol. The minimum atomic E-state index is -0.842. The highest BCUT2D eigenvalue weighted by molar-refractivity contribution is 6.03. The number of halogens is 2. The van der Waals surface area contributed by atoms with Gasteiger partial charge >= 0.3 is 6.03 Å². The lowest BCUT2D eigenvalue weighted by molar-refractivity contribution is 0.255. The number of hydrogen-bond donors (Lipinski definition) is 1. The van der Waals surface area contributed by atoms with Gasteiger partial charge in [-0.2, -0.15) is 0 Å². The average Bonchev–Trinajstić information content (AvgIpc) is 3.26. The van der Waals surface area contributed by atoms with E-state index in [0.29, 0.717) is 36.8 Å². The molecule has 10 heteroatoms. The van der Waals surface area contributed by atoms with Gasteiger partial charge in [0.1, 0.15) is 23.6 Å². The number of rotatable bonds is 4. The van der Waals surface area contributed by atoms with Crippen molar-refractivity contribution in [1.82, 2.24) is 15.0 Å². The summed E-state index contributed by atoms with van der Waals surface area (Å²) in [6.07, 6.45) is 3.18. The van der Waals surface area contributed by atoms with E-state index in [9.17, 15) is 13.6 Å². The first-order valence-corrected chi connectivity index (χ1v) is 12.3. The molecular formula is C26H29F2N7O. The van der Waals surface area contributed by atoms with E-state index in [2.05, 4.69) is 27.1 Å². The maximum absolute atomic E-state index is 13.8. The first-order valence-electron chi connectivity index (χ1n) is 12.3. The van der Waals surface area contributed by atoms with Crippen LogP contribution >= 0.6 is 0 Å². The van der Waals surface area contributed by atoms with Gasteiger partial charge in [0.25, 0.3) is 0 Å². The van der Waals surface area contributed by atoms with Crippen molar-refractivity contribution in [2.45, 2.75) is 38.9 Å². The lowest BCUT2D eigenvalue weighted by Crippen LogP contribution is -2.42. The van der Waals surface area contributed by atoms with Crippen LogP contribution in [0.2, 0.25) is 0 Å². The molecule has 3 aromatic heterocycles. The Morgan fingerprint density at radius 2 is 2.00 bits per heavy atom. The number of nitrogens with one attached hydrogen (secondary N) is 1. The van der Waals surface area contributed by atoms with Gasteiger partial charge in [-0.1, -0.05) is 0 Å². The van der Waals surface area contributed by atoms with Crippen molar-refractivity contribution < 1.29 is 13.6 Å². The van der Waals surface area contributed by atoms with Crippen LogP contribution in [-0.4, -0.2) is 59.4 Å². The summed E-state index contributed by atoms with van der Waals surface area (Å²) in [6.45, 7) is 6.58. The molecule has 1 saturated heterocycles. The Morgan fingerprint density at radius 3 is 2.72 bits per heavy atom. The molecule has 5 rings (SSSR count). The van der Waals surface area contributed by atoms with Crippen molar-refractivity contribution in [3.05, 3.63) is 54.6 Å². The fourth-order valence-electron chi connectivity index (χ4n) is 4.75. The van der Waals surface area contributed by atoms with Crippen molar-refractivity contribution >= 4 is 29.2 Å². The van der Waals surface area contributed by atoms with Crippen LogP contribution in [0, 0.1) is 5.82 Å². The van der Waals surface area contributed by atoms with Crippen molar-refractivity contribution in [2.75, 3.05) is 46.2 Å². The van der Waals surface area contributed by atoms with E-state index < -0.39 is 12.0 Å². The van der Waals surface area contributed by atoms with Gasteiger partial charge in [0.15, 0.2) is 5.82 Å². The molecule has 0 unspecified atom stereocenters. The van der Waals surface area contributed by atoms with E-state index in [0.717, 1.165) is 37.0 Å². The normalized spacial score (nSPS) is 19.7. The summed E-state index contributed by atoms with van der Waals surface area (Å²) in [5, 5.41) is 2.78. The number of carbonyl (C=O) groups is 1. The second-order valence-electron chi connectivity index (χ2n) is 9.15. The summed E-state index contributed by atoms with van der Waals surface area (Å²) in [6, 6.07) is 9.87. The molecule has 0 aliphatic carbocycles. The zero-order valence-corrected chi connectivity index (χ0v) is 20.4. The molecule has 2 aliphatic rings. The molecular weight excluding hydrogens is 464 g/mol. The number of carbonyl (C=O) groups excluding carboxylic acids is 1. The largest absolute Gasteiger partial charge is 0.369 e. The van der Waals surface area contributed by atoms with Gasteiger partial charge in [0.2, 0.25) is 0 Å². The summed E-state index contributed by atoms with van der Waals surface area (Å²) in [5.41, 5.74) is 2.39. The van der Waals surface area contributed by atoms with Gasteiger partial charge in [0.05, 0.1) is 24.1 Å². The minimum Gasteiger partial charge on any atom is -0.369 e. The van der Waals surface area contributed by atoms with Crippen molar-refractivity contribution in [1.29, 1.82) is 0 Å². The molecule has 1 N–H and O–H groups in total. The van der Waals surface area contributed by atoms with Gasteiger partial charge < -0.3 is 9.80 Å². The molecule has 5 heterocycles. The highest BCUT2D eigenvalue weighted by Crippen LogP contribution is 2.36. The number of nitrogens with zero attached hydrogens (tertiary/aromatic N) is 6. The first-order chi connectivity index (χ1) is 17.4. The highest BCUT2D eigenvalue weighted by Gasteiger charge is 2.31. The number of aromatic nitrogens is 3. The highest BCUT2D eigenvalue weighted by atomic mass is 19.1. The Balaban J connectivity index is 1.52. The van der Waals surface area contributed by atoms with Crippen molar-refractivity contribution in [3.8, 4) is 11.3 Å². The van der Waals surface area contributed by atoms with Crippen LogP contribution in [0.25, 0.3) is 11.3 Å². The summed E-state index contributed by atoms with van der Waals surface area (Å²) in [4.78, 5) is 32.6. The molecule has 1 fully saturated rings. The van der Waals surface area contributed by atoms with Crippen LogP contribution in [0.3, 0.4) is 0 Å². The Hall–Kier alpha value is -3.82. The molecule has 36 heavy (non-hydrogen) atoms. The topological polar surface area (TPSA) is 77.5 Å². The summed E-state index contributed by atoms with van der Waals surface area (Å²) in [5.74, 6) is 1.05. The molecule has 2 atom stereocenters. The molecule has 2 amide bonds. The van der Waals surface area contributed by atoms with Crippen LogP contribution < -0.4 is 20.0 Å². The lowest BCUT2D eigenvalue weighted by atomic mass is 10.1. The summed E-state index contributed by atoms with van der Waals surface area (Å²) < 4.78 is 27.1. The number of urea groups is 1. The molecule has 8 nitrogen and oxygen atoms in total. The Kier molecular flexibility index (Phi) is 6.67. The Bertz CT molecular complexity index is 1240. The molecule has 0 saturated carbocycles. The summed E-state index contributed by atoms with van der Waals surface area (Å²) in [7, 11) is 0. The van der Waals surface area contributed by atoms with Gasteiger partial charge in [0, 0.05) is 37.4 Å². The predicted octanol–water partition coefficient (Wildman–Crippen LogP) is 4.88. The Labute approximate surface area is 209 Å². The van der Waals surface area contributed by atoms with Crippen LogP contribution in [0.15, 0.2) is 48.8 Å². The van der Waals surface area contributed by atoms with Gasteiger partial charge in [-0.15, -0.1) is 0 Å². The summed E-state index contributed by atoms with van der Waals surface area (Å²) >= 11 is 0. The molecule has 2 aliphatic heterocycles. The number of hydrogen-bond acceptors (Lipinski definition) is 6. The number of alkyl halides is 1. The third-order valence-corrected chi connectivity index (χ3v) is 6.74. The van der Waals surface area contributed by atoms with Crippen LogP contribution in [-0.2, 0) is 0 Å². The fraction of sp³-hybridized carbons (Fsp3) is 0.385. The second-order valence-corrected chi connectivity index (χ2v) is 9.15. The van der Waals surface area contributed by atoms with E-state index in [1.54, 1.807) is 11.1 Å². The second kappa shape index (κ2) is 10.0. The van der Waals surface area contributed by atoms with Crippen molar-refractivity contribution in [2.24, 2.45) is 0 Å². The molecule has 0 bridgehead atoms. The zero-order valence-electron chi connectivity index (χ0n) is 20.4. The Morgan fingerprint density at radius 1 is 1.14 bits per heavy atom. The molecule has 0 radical (unpaired) electrons. The van der Waals surface area contributed by atoms with Crippen LogP contribution in [0.5, 0.6) is 0 Å². The van der Waals surface area contributed by atoms with Crippen molar-refractivity contribution in [3.63, 3.8) is 0 Å². The standard InChI is InChI=1S/C26H29F2N7O/c1-3-33-12-9-17(2)35(26(36)32-23-7-4-19(27)15-30-23)25-22(33)6-5-21(31-25)18-8-11-29-24(14-18)34-13-10-20(28)16-34/h4-8,11,14-15,17,20H,3,9-10,12-13,16H2,1-2H3,(H,30,32,36)/t17-,20-/m1/s1. The number of anilines is 4. The zero-order chi connectivity index (χ0) is 25.2. The van der Waals surface area contributed by atoms with E-state index in [-0.39, 0.29) is 17.9 Å². The monoisotopic (exact) mass is 493 g/mol. The lowest BCUT2D eigenvalue weighted by Gasteiger charge is -2.28. The number of pyridine rings is 3. The maximum atomic E-state index is 13.8. The molecule has 3 aromatic rings. The number of amides is 2. The van der Waals surface area contributed by atoms with Gasteiger partial charge in [-0.05, 0) is 63.1 Å². The van der Waals surface area contributed by atoms with Crippen LogP contribution in [0.1, 0.15) is 26.7 Å². The first kappa shape index (κ1) is 23.9. The van der Waals surface area contributed by atoms with E-state index in [1.807, 2.05) is 36.1 Å². The molecule has 188 valence electrons. The van der Waals surface area contributed by atoms with Gasteiger partial charge in [-0.3, -0.25) is 10.2 Å². The molecule has 0 spiro atoms. The smallest absolute Gasteiger partial charge is 0.328 e. The fourth-order valence-corrected chi connectivity index (χ4v) is 4.75. The van der Waals surface area contributed by atoms with Gasteiger partial charge in [-0.25, -0.2) is 28.5 Å². The third-order valence-electron chi connectivity index (χ3n) is 6.74. The predicted molar refractivity (Wildman–Crippen MR) is 137 cm³/mol. The number of fused-ring (bicyclic) bond motifs is 1. The maximum Gasteiger partial charge on any atom is 0.328 e. The van der Waals surface area contributed by atoms with Crippen LogP contribution in [0.4, 0.5) is 36.7 Å². The third kappa shape index (κ3) is 4.80. The molecule has 0 aromatic carbocycles. The van der Waals surface area contributed by atoms with E-state index >= 15 is 0 Å². The van der Waals surface area contributed by atoms with E-state index in [1.165, 1.54) is 12.1 Å². The quantitative estimate of drug-likeness (QED) is 0.558. The van der Waals surface area contributed by atoms with E-state index in [4.69, 9.17) is 4.98 Å². The SMILES string of the molecule is CCN1CC[C@@H](C)N(C(=O)Nc2ccc(F)cn2)c2nc(-c3ccnc(N4CC[C@@H](F)C4)c3)ccc21.